The standard InChI is InChI=1S/C16H24N2O2S2/c19-16(20)18-8-6-12(7-9-18)15-17-13(11-22-15)10-21-14-4-2-1-3-5-14/h11-12,14H,1-10H2,(H,19,20). The summed E-state index contributed by atoms with van der Waals surface area (Å²) < 4.78 is 0. The van der Waals surface area contributed by atoms with Crippen molar-refractivity contribution < 1.29 is 9.90 Å². The Kier molecular flexibility index (Phi) is 5.63. The van der Waals surface area contributed by atoms with E-state index in [1.807, 2.05) is 0 Å². The Balaban J connectivity index is 1.48. The number of aromatic nitrogens is 1. The van der Waals surface area contributed by atoms with E-state index < -0.39 is 6.09 Å². The van der Waals surface area contributed by atoms with E-state index in [1.165, 1.54) is 47.7 Å². The lowest BCUT2D eigenvalue weighted by molar-refractivity contribution is 0.132. The molecule has 1 saturated heterocycles. The van der Waals surface area contributed by atoms with Gasteiger partial charge < -0.3 is 10.0 Å². The number of rotatable bonds is 4. The molecule has 1 aliphatic carbocycles. The van der Waals surface area contributed by atoms with E-state index in [9.17, 15) is 4.79 Å². The maximum atomic E-state index is 10.9. The number of piperidine rings is 1. The summed E-state index contributed by atoms with van der Waals surface area (Å²) in [6, 6.07) is 0. The van der Waals surface area contributed by atoms with Crippen LogP contribution in [0.15, 0.2) is 5.38 Å². The van der Waals surface area contributed by atoms with Crippen molar-refractivity contribution >= 4 is 29.2 Å². The lowest BCUT2D eigenvalue weighted by atomic mass is 9.98. The minimum atomic E-state index is -0.790. The van der Waals surface area contributed by atoms with Crippen LogP contribution in [0.3, 0.4) is 0 Å². The second-order valence-corrected chi connectivity index (χ2v) is 8.47. The van der Waals surface area contributed by atoms with Gasteiger partial charge in [-0.05, 0) is 25.7 Å². The van der Waals surface area contributed by atoms with Crippen molar-refractivity contribution in [3.8, 4) is 0 Å². The van der Waals surface area contributed by atoms with Crippen LogP contribution in [0.5, 0.6) is 0 Å². The first-order valence-corrected chi connectivity index (χ1v) is 10.2. The second kappa shape index (κ2) is 7.68. The quantitative estimate of drug-likeness (QED) is 0.872. The maximum absolute atomic E-state index is 10.9. The summed E-state index contributed by atoms with van der Waals surface area (Å²) in [5.41, 5.74) is 1.22. The third kappa shape index (κ3) is 4.16. The second-order valence-electron chi connectivity index (χ2n) is 6.29. The fraction of sp³-hybridized carbons (Fsp3) is 0.750. The monoisotopic (exact) mass is 340 g/mol. The Hall–Kier alpha value is -0.750. The molecule has 0 atom stereocenters. The summed E-state index contributed by atoms with van der Waals surface area (Å²) in [6.07, 6.45) is 7.97. The van der Waals surface area contributed by atoms with E-state index in [1.54, 1.807) is 11.3 Å². The first-order valence-electron chi connectivity index (χ1n) is 8.26. The van der Waals surface area contributed by atoms with Gasteiger partial charge in [0.15, 0.2) is 0 Å². The number of amides is 1. The third-order valence-corrected chi connectivity index (χ3v) is 7.16. The van der Waals surface area contributed by atoms with E-state index in [2.05, 4.69) is 17.1 Å². The van der Waals surface area contributed by atoms with Crippen molar-refractivity contribution in [2.45, 2.75) is 61.9 Å². The zero-order valence-corrected chi connectivity index (χ0v) is 14.5. The normalized spacial score (nSPS) is 21.2. The number of nitrogens with zero attached hydrogens (tertiary/aromatic N) is 2. The first-order chi connectivity index (χ1) is 10.7. The van der Waals surface area contributed by atoms with Gasteiger partial charge in [0, 0.05) is 35.4 Å². The molecular formula is C16H24N2O2S2. The number of carbonyl (C=O) groups is 1. The molecule has 1 saturated carbocycles. The van der Waals surface area contributed by atoms with Crippen LogP contribution in [-0.4, -0.2) is 39.4 Å². The van der Waals surface area contributed by atoms with Crippen LogP contribution in [0.4, 0.5) is 4.79 Å². The average Bonchev–Trinajstić information content (AvgIpc) is 3.03. The fourth-order valence-corrected chi connectivity index (χ4v) is 5.65. The Labute approximate surface area is 140 Å². The lowest BCUT2D eigenvalue weighted by Gasteiger charge is -2.28. The summed E-state index contributed by atoms with van der Waals surface area (Å²) in [5, 5.41) is 13.2. The van der Waals surface area contributed by atoms with Crippen molar-refractivity contribution in [1.29, 1.82) is 0 Å². The zero-order valence-electron chi connectivity index (χ0n) is 12.9. The van der Waals surface area contributed by atoms with E-state index in [0.29, 0.717) is 19.0 Å². The topological polar surface area (TPSA) is 53.4 Å². The van der Waals surface area contributed by atoms with Gasteiger partial charge in [-0.2, -0.15) is 11.8 Å². The smallest absolute Gasteiger partial charge is 0.407 e. The molecule has 2 heterocycles. The predicted octanol–water partition coefficient (Wildman–Crippen LogP) is 4.57. The lowest BCUT2D eigenvalue weighted by Crippen LogP contribution is -2.36. The van der Waals surface area contributed by atoms with Crippen molar-refractivity contribution in [2.75, 3.05) is 13.1 Å². The van der Waals surface area contributed by atoms with E-state index in [4.69, 9.17) is 10.1 Å². The molecular weight excluding hydrogens is 316 g/mol. The van der Waals surface area contributed by atoms with Crippen molar-refractivity contribution in [1.82, 2.24) is 9.88 Å². The molecule has 4 nitrogen and oxygen atoms in total. The molecule has 2 aliphatic rings. The van der Waals surface area contributed by atoms with E-state index in [-0.39, 0.29) is 0 Å². The van der Waals surface area contributed by atoms with Gasteiger partial charge in [0.05, 0.1) is 10.7 Å². The highest BCUT2D eigenvalue weighted by molar-refractivity contribution is 7.99. The summed E-state index contributed by atoms with van der Waals surface area (Å²) in [6.45, 7) is 1.29. The van der Waals surface area contributed by atoms with Crippen LogP contribution in [0, 0.1) is 0 Å². The molecule has 0 radical (unpaired) electrons. The van der Waals surface area contributed by atoms with Gasteiger partial charge >= 0.3 is 6.09 Å². The molecule has 6 heteroatoms. The Morgan fingerprint density at radius 1 is 1.27 bits per heavy atom. The largest absolute Gasteiger partial charge is 0.465 e. The van der Waals surface area contributed by atoms with Gasteiger partial charge in [-0.1, -0.05) is 19.3 Å². The predicted molar refractivity (Wildman–Crippen MR) is 91.9 cm³/mol. The van der Waals surface area contributed by atoms with Gasteiger partial charge in [0.1, 0.15) is 0 Å². The molecule has 3 rings (SSSR count). The van der Waals surface area contributed by atoms with Gasteiger partial charge in [0.2, 0.25) is 0 Å². The van der Waals surface area contributed by atoms with Crippen LogP contribution < -0.4 is 0 Å². The molecule has 0 unspecified atom stereocenters. The number of hydrogen-bond acceptors (Lipinski definition) is 4. The van der Waals surface area contributed by atoms with E-state index in [0.717, 1.165) is 23.8 Å². The van der Waals surface area contributed by atoms with Crippen molar-refractivity contribution in [3.05, 3.63) is 16.1 Å². The zero-order chi connectivity index (χ0) is 15.4. The van der Waals surface area contributed by atoms with Gasteiger partial charge in [0.25, 0.3) is 0 Å². The fourth-order valence-electron chi connectivity index (χ4n) is 3.33. The molecule has 122 valence electrons. The minimum absolute atomic E-state index is 0.453. The molecule has 1 aromatic heterocycles. The van der Waals surface area contributed by atoms with Crippen LogP contribution in [0.25, 0.3) is 0 Å². The van der Waals surface area contributed by atoms with Gasteiger partial charge in [-0.15, -0.1) is 11.3 Å². The molecule has 0 spiro atoms. The molecule has 1 aromatic rings. The molecule has 2 fully saturated rings. The van der Waals surface area contributed by atoms with Gasteiger partial charge in [-0.25, -0.2) is 9.78 Å². The summed E-state index contributed by atoms with van der Waals surface area (Å²) in [7, 11) is 0. The maximum Gasteiger partial charge on any atom is 0.407 e. The molecule has 22 heavy (non-hydrogen) atoms. The summed E-state index contributed by atoms with van der Waals surface area (Å²) in [5.74, 6) is 1.49. The van der Waals surface area contributed by atoms with Crippen molar-refractivity contribution in [2.24, 2.45) is 0 Å². The van der Waals surface area contributed by atoms with E-state index >= 15 is 0 Å². The van der Waals surface area contributed by atoms with Crippen molar-refractivity contribution in [3.63, 3.8) is 0 Å². The molecule has 1 aliphatic heterocycles. The molecule has 0 aromatic carbocycles. The number of thiazole rings is 1. The van der Waals surface area contributed by atoms with Crippen LogP contribution in [0.2, 0.25) is 0 Å². The highest BCUT2D eigenvalue weighted by Gasteiger charge is 2.25. The first kappa shape index (κ1) is 16.1. The Morgan fingerprint density at radius 2 is 2.00 bits per heavy atom. The number of likely N-dealkylation sites (tertiary alicyclic amines) is 1. The highest BCUT2D eigenvalue weighted by Crippen LogP contribution is 2.33. The number of carboxylic acid groups (broad SMARTS) is 1. The minimum Gasteiger partial charge on any atom is -0.465 e. The Bertz CT molecular complexity index is 492. The van der Waals surface area contributed by atoms with Crippen LogP contribution >= 0.6 is 23.1 Å². The number of hydrogen-bond donors (Lipinski definition) is 1. The highest BCUT2D eigenvalue weighted by atomic mass is 32.2. The number of thioether (sulfide) groups is 1. The molecule has 1 N–H and O–H groups in total. The third-order valence-electron chi connectivity index (χ3n) is 4.70. The summed E-state index contributed by atoms with van der Waals surface area (Å²) in [4.78, 5) is 17.3. The van der Waals surface area contributed by atoms with Crippen LogP contribution in [-0.2, 0) is 5.75 Å². The summed E-state index contributed by atoms with van der Waals surface area (Å²) >= 11 is 3.83. The molecule has 0 bridgehead atoms. The Morgan fingerprint density at radius 3 is 2.68 bits per heavy atom. The molecule has 1 amide bonds. The van der Waals surface area contributed by atoms with Crippen LogP contribution in [0.1, 0.15) is 61.6 Å². The van der Waals surface area contributed by atoms with Gasteiger partial charge in [-0.3, -0.25) is 0 Å². The average molecular weight is 341 g/mol. The SMILES string of the molecule is O=C(O)N1CCC(c2nc(CSC3CCCCC3)cs2)CC1.